The summed E-state index contributed by atoms with van der Waals surface area (Å²) in [6.07, 6.45) is 0. The Morgan fingerprint density at radius 3 is 1.31 bits per heavy atom. The molecule has 0 bridgehead atoms. The van der Waals surface area contributed by atoms with Crippen molar-refractivity contribution in [1.82, 2.24) is 9.97 Å². The topological polar surface area (TPSA) is 49.8 Å². The summed E-state index contributed by atoms with van der Waals surface area (Å²) in [7, 11) is 0. The fourth-order valence-electron chi connectivity index (χ4n) is 2.51. The van der Waals surface area contributed by atoms with Gasteiger partial charge in [-0.1, -0.05) is 12.1 Å². The fraction of sp³-hybridized carbons (Fsp3) is 0. The molecule has 128 valence electrons. The SMILES string of the molecule is Ic1ccc(Nc2nc3ccccc3nc2Nc2ccc(I)cc2)cc1. The number of benzene rings is 3. The van der Waals surface area contributed by atoms with Crippen LogP contribution in [0, 0.1) is 7.14 Å². The number of anilines is 4. The number of rotatable bonds is 4. The lowest BCUT2D eigenvalue weighted by atomic mass is 10.3. The molecule has 2 N–H and O–H groups in total. The van der Waals surface area contributed by atoms with E-state index in [2.05, 4.69) is 80.1 Å². The van der Waals surface area contributed by atoms with Crippen LogP contribution in [-0.4, -0.2) is 9.97 Å². The van der Waals surface area contributed by atoms with Gasteiger partial charge in [-0.25, -0.2) is 9.97 Å². The van der Waals surface area contributed by atoms with Crippen molar-refractivity contribution < 1.29 is 0 Å². The second kappa shape index (κ2) is 7.75. The van der Waals surface area contributed by atoms with Crippen molar-refractivity contribution in [3.63, 3.8) is 0 Å². The predicted molar refractivity (Wildman–Crippen MR) is 124 cm³/mol. The summed E-state index contributed by atoms with van der Waals surface area (Å²) in [5, 5.41) is 6.77. The summed E-state index contributed by atoms with van der Waals surface area (Å²) in [6, 6.07) is 24.3. The van der Waals surface area contributed by atoms with Crippen molar-refractivity contribution >= 4 is 79.2 Å². The number of fused-ring (bicyclic) bond motifs is 1. The normalized spacial score (nSPS) is 10.7. The Kier molecular flexibility index (Phi) is 5.21. The van der Waals surface area contributed by atoms with Gasteiger partial charge in [-0.05, 0) is 106 Å². The lowest BCUT2D eigenvalue weighted by Crippen LogP contribution is -2.03. The van der Waals surface area contributed by atoms with E-state index in [1.807, 2.05) is 48.5 Å². The van der Waals surface area contributed by atoms with Gasteiger partial charge in [0.05, 0.1) is 11.0 Å². The lowest BCUT2D eigenvalue weighted by molar-refractivity contribution is 1.27. The second-order valence-electron chi connectivity index (χ2n) is 5.67. The van der Waals surface area contributed by atoms with Crippen LogP contribution in [0.2, 0.25) is 0 Å². The maximum absolute atomic E-state index is 4.77. The highest BCUT2D eigenvalue weighted by Crippen LogP contribution is 2.28. The van der Waals surface area contributed by atoms with E-state index in [9.17, 15) is 0 Å². The average molecular weight is 564 g/mol. The van der Waals surface area contributed by atoms with Crippen molar-refractivity contribution in [3.8, 4) is 0 Å². The number of nitrogens with zero attached hydrogens (tertiary/aromatic N) is 2. The molecule has 0 amide bonds. The molecule has 0 saturated heterocycles. The summed E-state index contributed by atoms with van der Waals surface area (Å²) in [4.78, 5) is 9.53. The van der Waals surface area contributed by atoms with Crippen LogP contribution in [0.1, 0.15) is 0 Å². The second-order valence-corrected chi connectivity index (χ2v) is 8.16. The van der Waals surface area contributed by atoms with E-state index in [4.69, 9.17) is 9.97 Å². The zero-order valence-electron chi connectivity index (χ0n) is 13.6. The van der Waals surface area contributed by atoms with E-state index < -0.39 is 0 Å². The summed E-state index contributed by atoms with van der Waals surface area (Å²) in [5.41, 5.74) is 3.66. The molecule has 4 nitrogen and oxygen atoms in total. The largest absolute Gasteiger partial charge is 0.337 e. The maximum atomic E-state index is 4.77. The molecule has 0 aliphatic heterocycles. The first-order valence-corrected chi connectivity index (χ1v) is 10.1. The van der Waals surface area contributed by atoms with Crippen LogP contribution < -0.4 is 10.6 Å². The fourth-order valence-corrected chi connectivity index (χ4v) is 3.23. The molecule has 4 aromatic rings. The van der Waals surface area contributed by atoms with Crippen molar-refractivity contribution in [1.29, 1.82) is 0 Å². The molecule has 0 atom stereocenters. The third kappa shape index (κ3) is 4.07. The van der Waals surface area contributed by atoms with E-state index in [0.29, 0.717) is 11.6 Å². The lowest BCUT2D eigenvalue weighted by Gasteiger charge is -2.13. The van der Waals surface area contributed by atoms with E-state index in [0.717, 1.165) is 22.4 Å². The van der Waals surface area contributed by atoms with E-state index in [1.54, 1.807) is 0 Å². The smallest absolute Gasteiger partial charge is 0.174 e. The standard InChI is InChI=1S/C20H14I2N4/c21-13-5-9-15(10-6-13)23-19-20(24-16-11-7-14(22)8-12-16)26-18-4-2-1-3-17(18)25-19/h1-12H,(H,23,25)(H,24,26). The van der Waals surface area contributed by atoms with Crippen molar-refractivity contribution in [3.05, 3.63) is 79.9 Å². The van der Waals surface area contributed by atoms with Crippen molar-refractivity contribution in [2.24, 2.45) is 0 Å². The molecule has 0 spiro atoms. The molecular formula is C20H14I2N4. The van der Waals surface area contributed by atoms with Gasteiger partial charge >= 0.3 is 0 Å². The highest BCUT2D eigenvalue weighted by molar-refractivity contribution is 14.1. The Hall–Kier alpha value is -1.94. The van der Waals surface area contributed by atoms with Gasteiger partial charge in [0, 0.05) is 18.5 Å². The molecular weight excluding hydrogens is 550 g/mol. The summed E-state index contributed by atoms with van der Waals surface area (Å²) in [6.45, 7) is 0. The molecule has 0 unspecified atom stereocenters. The van der Waals surface area contributed by atoms with Crippen LogP contribution >= 0.6 is 45.2 Å². The number of hydrogen-bond acceptors (Lipinski definition) is 4. The van der Waals surface area contributed by atoms with Crippen LogP contribution in [0.4, 0.5) is 23.0 Å². The monoisotopic (exact) mass is 564 g/mol. The summed E-state index contributed by atoms with van der Waals surface area (Å²) >= 11 is 4.59. The minimum atomic E-state index is 0.698. The maximum Gasteiger partial charge on any atom is 0.174 e. The predicted octanol–water partition coefficient (Wildman–Crippen LogP) is 6.33. The van der Waals surface area contributed by atoms with Crippen molar-refractivity contribution in [2.75, 3.05) is 10.6 Å². The first-order valence-electron chi connectivity index (χ1n) is 7.99. The third-order valence-electron chi connectivity index (χ3n) is 3.78. The molecule has 0 aliphatic rings. The van der Waals surface area contributed by atoms with Gasteiger partial charge in [-0.15, -0.1) is 0 Å². The van der Waals surface area contributed by atoms with Gasteiger partial charge in [-0.3, -0.25) is 0 Å². The van der Waals surface area contributed by atoms with Crippen LogP contribution in [0.15, 0.2) is 72.8 Å². The molecule has 0 fully saturated rings. The first-order chi connectivity index (χ1) is 12.7. The Morgan fingerprint density at radius 1 is 0.538 bits per heavy atom. The molecule has 4 rings (SSSR count). The molecule has 0 radical (unpaired) electrons. The molecule has 1 aromatic heterocycles. The van der Waals surface area contributed by atoms with E-state index >= 15 is 0 Å². The minimum Gasteiger partial charge on any atom is -0.337 e. The van der Waals surface area contributed by atoms with Crippen LogP contribution in [-0.2, 0) is 0 Å². The molecule has 26 heavy (non-hydrogen) atoms. The average Bonchev–Trinajstić information content (AvgIpc) is 2.66. The zero-order chi connectivity index (χ0) is 17.9. The van der Waals surface area contributed by atoms with E-state index in [-0.39, 0.29) is 0 Å². The van der Waals surface area contributed by atoms with Gasteiger partial charge in [-0.2, -0.15) is 0 Å². The third-order valence-corrected chi connectivity index (χ3v) is 5.22. The van der Waals surface area contributed by atoms with Crippen molar-refractivity contribution in [2.45, 2.75) is 0 Å². The quantitative estimate of drug-likeness (QED) is 0.285. The highest BCUT2D eigenvalue weighted by Gasteiger charge is 2.10. The van der Waals surface area contributed by atoms with Gasteiger partial charge in [0.15, 0.2) is 11.6 Å². The van der Waals surface area contributed by atoms with Gasteiger partial charge < -0.3 is 10.6 Å². The minimum absolute atomic E-state index is 0.698. The summed E-state index contributed by atoms with van der Waals surface area (Å²) < 4.78 is 2.38. The molecule has 1 heterocycles. The number of para-hydroxylation sites is 2. The van der Waals surface area contributed by atoms with Gasteiger partial charge in [0.25, 0.3) is 0 Å². The Morgan fingerprint density at radius 2 is 0.923 bits per heavy atom. The Bertz CT molecular complexity index is 962. The molecule has 0 saturated carbocycles. The number of nitrogens with one attached hydrogen (secondary N) is 2. The van der Waals surface area contributed by atoms with E-state index in [1.165, 1.54) is 7.14 Å². The van der Waals surface area contributed by atoms with Crippen LogP contribution in [0.5, 0.6) is 0 Å². The first kappa shape index (κ1) is 17.5. The number of hydrogen-bond donors (Lipinski definition) is 2. The number of aromatic nitrogens is 2. The van der Waals surface area contributed by atoms with Crippen LogP contribution in [0.25, 0.3) is 11.0 Å². The van der Waals surface area contributed by atoms with Crippen LogP contribution in [0.3, 0.4) is 0 Å². The number of halogens is 2. The zero-order valence-corrected chi connectivity index (χ0v) is 17.9. The molecule has 3 aromatic carbocycles. The Labute approximate surface area is 178 Å². The van der Waals surface area contributed by atoms with Gasteiger partial charge in [0.1, 0.15) is 0 Å². The highest BCUT2D eigenvalue weighted by atomic mass is 127. The summed E-state index contributed by atoms with van der Waals surface area (Å²) in [5.74, 6) is 1.40. The van der Waals surface area contributed by atoms with Gasteiger partial charge in [0.2, 0.25) is 0 Å². The molecule has 6 heteroatoms. The Balaban J connectivity index is 1.75. The molecule has 0 aliphatic carbocycles.